The Balaban J connectivity index is 2.16. The molecule has 0 atom stereocenters. The van der Waals surface area contributed by atoms with Crippen LogP contribution in [0, 0.1) is 6.92 Å². The van der Waals surface area contributed by atoms with Crippen LogP contribution in [-0.4, -0.2) is 0 Å². The monoisotopic (exact) mass is 255 g/mol. The van der Waals surface area contributed by atoms with Gasteiger partial charge in [-0.05, 0) is 43.5 Å². The molecule has 0 aliphatic heterocycles. The standard InChI is InChI=1S/C17H21NO/c1-13-9-10-15(17(2,3)18)11-16(13)19-12-14-7-5-4-6-8-14/h4-11H,12,18H2,1-3H3. The van der Waals surface area contributed by atoms with Crippen LogP contribution in [0.1, 0.15) is 30.5 Å². The first-order chi connectivity index (χ1) is 8.97. The van der Waals surface area contributed by atoms with E-state index in [4.69, 9.17) is 10.5 Å². The fourth-order valence-corrected chi connectivity index (χ4v) is 1.89. The molecule has 2 heteroatoms. The highest BCUT2D eigenvalue weighted by molar-refractivity contribution is 5.39. The lowest BCUT2D eigenvalue weighted by Crippen LogP contribution is -2.28. The van der Waals surface area contributed by atoms with E-state index < -0.39 is 0 Å². The number of hydrogen-bond acceptors (Lipinski definition) is 2. The van der Waals surface area contributed by atoms with E-state index in [1.165, 1.54) is 5.56 Å². The van der Waals surface area contributed by atoms with E-state index in [0.29, 0.717) is 6.61 Å². The molecule has 0 saturated carbocycles. The molecule has 2 N–H and O–H groups in total. The molecule has 0 saturated heterocycles. The normalized spacial score (nSPS) is 11.4. The fourth-order valence-electron chi connectivity index (χ4n) is 1.89. The topological polar surface area (TPSA) is 35.2 Å². The van der Waals surface area contributed by atoms with E-state index in [0.717, 1.165) is 16.9 Å². The Morgan fingerprint density at radius 1 is 1.05 bits per heavy atom. The third-order valence-electron chi connectivity index (χ3n) is 3.17. The van der Waals surface area contributed by atoms with Crippen molar-refractivity contribution in [1.82, 2.24) is 0 Å². The van der Waals surface area contributed by atoms with Crippen molar-refractivity contribution in [3.05, 3.63) is 65.2 Å². The summed E-state index contributed by atoms with van der Waals surface area (Å²) in [5.41, 5.74) is 9.16. The molecule has 0 spiro atoms. The lowest BCUT2D eigenvalue weighted by atomic mass is 9.94. The Bertz CT molecular complexity index is 541. The first kappa shape index (κ1) is 13.6. The number of hydrogen-bond donors (Lipinski definition) is 1. The summed E-state index contributed by atoms with van der Waals surface area (Å²) in [6, 6.07) is 16.3. The second kappa shape index (κ2) is 5.45. The maximum Gasteiger partial charge on any atom is 0.123 e. The molecule has 0 heterocycles. The Morgan fingerprint density at radius 2 is 1.74 bits per heavy atom. The number of nitrogens with two attached hydrogens (primary N) is 1. The lowest BCUT2D eigenvalue weighted by Gasteiger charge is -2.21. The van der Waals surface area contributed by atoms with E-state index in [2.05, 4.69) is 24.3 Å². The minimum absolute atomic E-state index is 0.349. The molecule has 0 aliphatic carbocycles. The molecule has 2 aromatic rings. The Kier molecular flexibility index (Phi) is 3.91. The number of benzene rings is 2. The van der Waals surface area contributed by atoms with Crippen molar-refractivity contribution in [3.8, 4) is 5.75 Å². The van der Waals surface area contributed by atoms with E-state index in [1.54, 1.807) is 0 Å². The zero-order valence-corrected chi connectivity index (χ0v) is 11.8. The van der Waals surface area contributed by atoms with Crippen LogP contribution in [0.5, 0.6) is 5.75 Å². The van der Waals surface area contributed by atoms with Gasteiger partial charge in [-0.15, -0.1) is 0 Å². The average molecular weight is 255 g/mol. The van der Waals surface area contributed by atoms with Gasteiger partial charge in [-0.1, -0.05) is 42.5 Å². The smallest absolute Gasteiger partial charge is 0.123 e. The van der Waals surface area contributed by atoms with Gasteiger partial charge in [-0.3, -0.25) is 0 Å². The second-order valence-corrected chi connectivity index (χ2v) is 5.48. The third kappa shape index (κ3) is 3.58. The molecule has 0 bridgehead atoms. The molecule has 100 valence electrons. The molecule has 0 unspecified atom stereocenters. The number of rotatable bonds is 4. The third-order valence-corrected chi connectivity index (χ3v) is 3.17. The summed E-state index contributed by atoms with van der Waals surface area (Å²) in [4.78, 5) is 0. The second-order valence-electron chi connectivity index (χ2n) is 5.48. The lowest BCUT2D eigenvalue weighted by molar-refractivity contribution is 0.303. The van der Waals surface area contributed by atoms with Gasteiger partial charge in [0.25, 0.3) is 0 Å². The van der Waals surface area contributed by atoms with Gasteiger partial charge in [0, 0.05) is 5.54 Å². The average Bonchev–Trinajstić information content (AvgIpc) is 2.37. The van der Waals surface area contributed by atoms with Crippen LogP contribution < -0.4 is 10.5 Å². The molecule has 2 aromatic carbocycles. The minimum atomic E-state index is -0.349. The molecule has 2 rings (SSSR count). The van der Waals surface area contributed by atoms with Gasteiger partial charge in [-0.2, -0.15) is 0 Å². The minimum Gasteiger partial charge on any atom is -0.489 e. The molecule has 0 radical (unpaired) electrons. The van der Waals surface area contributed by atoms with E-state index >= 15 is 0 Å². The summed E-state index contributed by atoms with van der Waals surface area (Å²) in [5, 5.41) is 0. The largest absolute Gasteiger partial charge is 0.489 e. The molecular formula is C17H21NO. The first-order valence-electron chi connectivity index (χ1n) is 6.53. The first-order valence-corrected chi connectivity index (χ1v) is 6.53. The van der Waals surface area contributed by atoms with Gasteiger partial charge in [0.15, 0.2) is 0 Å². The Labute approximate surface area is 115 Å². The molecule has 0 fully saturated rings. The summed E-state index contributed by atoms with van der Waals surface area (Å²) in [5.74, 6) is 0.903. The summed E-state index contributed by atoms with van der Waals surface area (Å²) in [7, 11) is 0. The predicted molar refractivity (Wildman–Crippen MR) is 79.2 cm³/mol. The molecule has 2 nitrogen and oxygen atoms in total. The van der Waals surface area contributed by atoms with Crippen molar-refractivity contribution in [2.45, 2.75) is 32.9 Å². The maximum atomic E-state index is 6.13. The van der Waals surface area contributed by atoms with Gasteiger partial charge in [-0.25, -0.2) is 0 Å². The van der Waals surface area contributed by atoms with Gasteiger partial charge >= 0.3 is 0 Å². The predicted octanol–water partition coefficient (Wildman–Crippen LogP) is 3.77. The van der Waals surface area contributed by atoms with Crippen LogP contribution in [0.25, 0.3) is 0 Å². The van der Waals surface area contributed by atoms with Crippen LogP contribution in [0.2, 0.25) is 0 Å². The zero-order chi connectivity index (χ0) is 13.9. The van der Waals surface area contributed by atoms with Crippen molar-refractivity contribution in [3.63, 3.8) is 0 Å². The van der Waals surface area contributed by atoms with Crippen LogP contribution in [0.4, 0.5) is 0 Å². The van der Waals surface area contributed by atoms with E-state index in [9.17, 15) is 0 Å². The van der Waals surface area contributed by atoms with Crippen molar-refractivity contribution in [1.29, 1.82) is 0 Å². The Hall–Kier alpha value is -1.80. The van der Waals surface area contributed by atoms with Gasteiger partial charge in [0.1, 0.15) is 12.4 Å². The summed E-state index contributed by atoms with van der Waals surface area (Å²) >= 11 is 0. The van der Waals surface area contributed by atoms with Crippen molar-refractivity contribution >= 4 is 0 Å². The zero-order valence-electron chi connectivity index (χ0n) is 11.8. The SMILES string of the molecule is Cc1ccc(C(C)(C)N)cc1OCc1ccccc1. The van der Waals surface area contributed by atoms with E-state index in [-0.39, 0.29) is 5.54 Å². The van der Waals surface area contributed by atoms with Gasteiger partial charge in [0.2, 0.25) is 0 Å². The molecule has 0 amide bonds. The van der Waals surface area contributed by atoms with Gasteiger partial charge < -0.3 is 10.5 Å². The number of ether oxygens (including phenoxy) is 1. The van der Waals surface area contributed by atoms with Gasteiger partial charge in [0.05, 0.1) is 0 Å². The van der Waals surface area contributed by atoms with Crippen LogP contribution in [0.3, 0.4) is 0 Å². The highest BCUT2D eigenvalue weighted by Crippen LogP contribution is 2.26. The maximum absolute atomic E-state index is 6.13. The van der Waals surface area contributed by atoms with Crippen molar-refractivity contribution in [2.75, 3.05) is 0 Å². The van der Waals surface area contributed by atoms with Crippen LogP contribution >= 0.6 is 0 Å². The summed E-state index contributed by atoms with van der Waals surface area (Å²) in [6.45, 7) is 6.63. The van der Waals surface area contributed by atoms with E-state index in [1.807, 2.05) is 45.0 Å². The molecule has 0 aliphatic rings. The highest BCUT2D eigenvalue weighted by atomic mass is 16.5. The highest BCUT2D eigenvalue weighted by Gasteiger charge is 2.15. The van der Waals surface area contributed by atoms with Crippen LogP contribution in [-0.2, 0) is 12.1 Å². The molecular weight excluding hydrogens is 234 g/mol. The van der Waals surface area contributed by atoms with Crippen molar-refractivity contribution < 1.29 is 4.74 Å². The summed E-state index contributed by atoms with van der Waals surface area (Å²) < 4.78 is 5.90. The Morgan fingerprint density at radius 3 is 2.37 bits per heavy atom. The summed E-state index contributed by atoms with van der Waals surface area (Å²) in [6.07, 6.45) is 0. The molecule has 0 aromatic heterocycles. The van der Waals surface area contributed by atoms with Crippen LogP contribution in [0.15, 0.2) is 48.5 Å². The molecule has 19 heavy (non-hydrogen) atoms. The number of aryl methyl sites for hydroxylation is 1. The quantitative estimate of drug-likeness (QED) is 0.902. The van der Waals surface area contributed by atoms with Crippen molar-refractivity contribution in [2.24, 2.45) is 5.73 Å². The fraction of sp³-hybridized carbons (Fsp3) is 0.294.